The summed E-state index contributed by atoms with van der Waals surface area (Å²) in [6.45, 7) is 16.3. The summed E-state index contributed by atoms with van der Waals surface area (Å²) in [4.78, 5) is 74.5. The van der Waals surface area contributed by atoms with Crippen molar-refractivity contribution < 1.29 is 47.3 Å². The zero-order valence-electron chi connectivity index (χ0n) is 32.9. The van der Waals surface area contributed by atoms with Crippen LogP contribution in [0.3, 0.4) is 0 Å². The molecule has 2 N–H and O–H groups in total. The summed E-state index contributed by atoms with van der Waals surface area (Å²) in [5, 5.41) is 5.41. The Morgan fingerprint density at radius 3 is 1.81 bits per heavy atom. The maximum atomic E-state index is 14.4. The third kappa shape index (κ3) is 12.7. The number of Topliss-reactive ketones (excluding diaryl/α,β-unsaturated/α-hetero) is 1. The molecule has 2 aromatic heterocycles. The number of alkyl carbamates (subject to hydrolysis) is 2. The first-order valence-electron chi connectivity index (χ1n) is 17.8. The molecule has 16 heteroatoms. The maximum absolute atomic E-state index is 14.4. The van der Waals surface area contributed by atoms with Crippen LogP contribution in [0.15, 0.2) is 30.6 Å². The molecule has 0 fully saturated rings. The van der Waals surface area contributed by atoms with E-state index >= 15 is 0 Å². The molecule has 0 aliphatic carbocycles. The Kier molecular flexibility index (Phi) is 14.5. The summed E-state index contributed by atoms with van der Waals surface area (Å²) in [5.41, 5.74) is -1.01. The summed E-state index contributed by atoms with van der Waals surface area (Å²) in [6.07, 6.45) is -0.890. The van der Waals surface area contributed by atoms with Crippen LogP contribution in [-0.4, -0.2) is 87.9 Å². The van der Waals surface area contributed by atoms with Crippen LogP contribution in [-0.2, 0) is 25.5 Å². The molecule has 0 radical (unpaired) electrons. The van der Waals surface area contributed by atoms with Crippen molar-refractivity contribution in [1.82, 2.24) is 25.2 Å². The summed E-state index contributed by atoms with van der Waals surface area (Å²) in [7, 11) is 0. The van der Waals surface area contributed by atoms with E-state index in [1.807, 2.05) is 6.92 Å². The average molecular weight is 757 g/mol. The minimum atomic E-state index is -1.36. The van der Waals surface area contributed by atoms with E-state index in [9.17, 15) is 28.4 Å². The number of carbonyl (C=O) groups is 5. The highest BCUT2D eigenvalue weighted by molar-refractivity contribution is 6.19. The highest BCUT2D eigenvalue weighted by atomic mass is 19.1. The average Bonchev–Trinajstić information content (AvgIpc) is 3.37. The first kappa shape index (κ1) is 43.1. The monoisotopic (exact) mass is 756 g/mol. The topological polar surface area (TPSA) is 180 Å². The molecule has 54 heavy (non-hydrogen) atoms. The molecule has 0 saturated carbocycles. The molecule has 15 nitrogen and oxygen atoms in total. The lowest BCUT2D eigenvalue weighted by Crippen LogP contribution is -2.44. The molecule has 2 heterocycles. The summed E-state index contributed by atoms with van der Waals surface area (Å²) >= 11 is 0. The number of halogens is 1. The Morgan fingerprint density at radius 1 is 0.759 bits per heavy atom. The van der Waals surface area contributed by atoms with E-state index in [2.05, 4.69) is 20.6 Å². The molecule has 0 saturated heterocycles. The molecular weight excluding hydrogens is 703 g/mol. The number of aryl methyl sites for hydroxylation is 2. The number of anilines is 1. The number of aromatic nitrogens is 3. The van der Waals surface area contributed by atoms with Gasteiger partial charge in [0.15, 0.2) is 12.5 Å². The number of nitrogens with one attached hydrogen (secondary N) is 2. The summed E-state index contributed by atoms with van der Waals surface area (Å²) in [6, 6.07) is 7.06. The van der Waals surface area contributed by atoms with Crippen molar-refractivity contribution in [3.05, 3.63) is 41.9 Å². The third-order valence-corrected chi connectivity index (χ3v) is 7.21. The zero-order chi connectivity index (χ0) is 40.4. The van der Waals surface area contributed by atoms with Gasteiger partial charge < -0.3 is 34.1 Å². The molecule has 4 amide bonds. The molecule has 0 aliphatic heterocycles. The second-order valence-corrected chi connectivity index (χ2v) is 15.5. The third-order valence-electron chi connectivity index (χ3n) is 7.21. The van der Waals surface area contributed by atoms with Crippen LogP contribution >= 0.6 is 0 Å². The Hall–Kier alpha value is -5.28. The number of ketones is 1. The number of imide groups is 1. The molecule has 3 rings (SSSR count). The molecule has 0 spiro atoms. The van der Waals surface area contributed by atoms with Gasteiger partial charge in [-0.05, 0) is 94.1 Å². The number of amides is 4. The van der Waals surface area contributed by atoms with E-state index in [1.165, 1.54) is 4.57 Å². The van der Waals surface area contributed by atoms with Crippen LogP contribution in [0.1, 0.15) is 97.6 Å². The van der Waals surface area contributed by atoms with E-state index in [1.54, 1.807) is 86.6 Å². The van der Waals surface area contributed by atoms with Crippen LogP contribution in [0.25, 0.3) is 22.2 Å². The van der Waals surface area contributed by atoms with Gasteiger partial charge in [-0.3, -0.25) is 4.79 Å². The molecule has 0 atom stereocenters. The van der Waals surface area contributed by atoms with Crippen LogP contribution < -0.4 is 15.5 Å². The first-order chi connectivity index (χ1) is 25.1. The summed E-state index contributed by atoms with van der Waals surface area (Å²) < 4.78 is 37.6. The van der Waals surface area contributed by atoms with Crippen LogP contribution in [0, 0.1) is 6.92 Å². The quantitative estimate of drug-likeness (QED) is 0.0993. The van der Waals surface area contributed by atoms with Gasteiger partial charge in [-0.15, -0.1) is 0 Å². The van der Waals surface area contributed by atoms with Crippen molar-refractivity contribution in [2.45, 2.75) is 112 Å². The first-order valence-corrected chi connectivity index (χ1v) is 17.8. The van der Waals surface area contributed by atoms with Gasteiger partial charge in [0.2, 0.25) is 5.78 Å². The van der Waals surface area contributed by atoms with E-state index in [0.717, 1.165) is 11.9 Å². The number of ether oxygens (including phenoxy) is 4. The number of alkyl halides is 1. The molecular formula is C38H53FN6O9. The van der Waals surface area contributed by atoms with Gasteiger partial charge >= 0.3 is 24.4 Å². The molecule has 296 valence electrons. The number of fused-ring (bicyclic) bond motifs is 1. The van der Waals surface area contributed by atoms with Gasteiger partial charge in [0.25, 0.3) is 0 Å². The van der Waals surface area contributed by atoms with Crippen molar-refractivity contribution in [2.24, 2.45) is 0 Å². The van der Waals surface area contributed by atoms with Gasteiger partial charge in [0.05, 0.1) is 17.7 Å². The number of hydrogen-bond donors (Lipinski definition) is 2. The lowest BCUT2D eigenvalue weighted by molar-refractivity contribution is 0.0426. The van der Waals surface area contributed by atoms with Crippen molar-refractivity contribution in [3.8, 4) is 11.1 Å². The van der Waals surface area contributed by atoms with E-state index in [-0.39, 0.29) is 47.7 Å². The lowest BCUT2D eigenvalue weighted by atomic mass is 10.00. The predicted octanol–water partition coefficient (Wildman–Crippen LogP) is 7.66. The highest BCUT2D eigenvalue weighted by Gasteiger charge is 2.37. The minimum absolute atomic E-state index is 0.0301. The Bertz CT molecular complexity index is 1780. The second-order valence-electron chi connectivity index (χ2n) is 15.5. The lowest BCUT2D eigenvalue weighted by Gasteiger charge is -2.28. The number of nitrogens with zero attached hydrogens (tertiary/aromatic N) is 4. The number of rotatable bonds is 13. The van der Waals surface area contributed by atoms with E-state index in [0.29, 0.717) is 36.4 Å². The highest BCUT2D eigenvalue weighted by Crippen LogP contribution is 2.40. The van der Waals surface area contributed by atoms with Crippen LogP contribution in [0.2, 0.25) is 0 Å². The van der Waals surface area contributed by atoms with Gasteiger partial charge in [0, 0.05) is 25.2 Å². The number of carbonyl (C=O) groups excluding carboxylic acids is 5. The van der Waals surface area contributed by atoms with Crippen LogP contribution in [0.5, 0.6) is 0 Å². The fraction of sp³-hybridized carbons (Fsp3) is 0.553. The van der Waals surface area contributed by atoms with Crippen molar-refractivity contribution in [2.75, 3.05) is 31.3 Å². The Morgan fingerprint density at radius 2 is 1.30 bits per heavy atom. The van der Waals surface area contributed by atoms with Gasteiger partial charge in [0.1, 0.15) is 28.8 Å². The molecule has 0 bridgehead atoms. The number of benzene rings is 1. The number of hydrogen-bond acceptors (Lipinski definition) is 11. The zero-order valence-corrected chi connectivity index (χ0v) is 32.9. The van der Waals surface area contributed by atoms with Gasteiger partial charge in [-0.2, -0.15) is 4.90 Å². The largest absolute Gasteiger partial charge is 0.449 e. The van der Waals surface area contributed by atoms with Gasteiger partial charge in [-0.25, -0.2) is 33.5 Å². The number of unbranched alkanes of at least 4 members (excludes halogenated alkanes) is 1. The van der Waals surface area contributed by atoms with Crippen molar-refractivity contribution in [1.29, 1.82) is 0 Å². The molecule has 3 aromatic rings. The normalized spacial score (nSPS) is 11.8. The minimum Gasteiger partial charge on any atom is -0.449 e. The second kappa shape index (κ2) is 18.2. The standard InChI is InChI=1S/C38H53FN6O9/c1-24-14-16-25(17-15-24)27-28-30(42-23-43-31(28)45(34(49)53-37(5,6)7)35(50)54-38(8,9)10)44(29(27)26(46)22-39)20-13-21-51-32(47)40-18-11-12-19-41-33(48)52-36(2,3)4/h14-17,23H,11-13,18-22H2,1-10H3,(H,40,47)(H,41,48). The van der Waals surface area contributed by atoms with E-state index in [4.69, 9.17) is 18.9 Å². The predicted molar refractivity (Wildman–Crippen MR) is 200 cm³/mol. The molecule has 0 aliphatic rings. The maximum Gasteiger partial charge on any atom is 0.425 e. The summed E-state index contributed by atoms with van der Waals surface area (Å²) in [5.74, 6) is -1.11. The molecule has 1 aromatic carbocycles. The SMILES string of the molecule is Cc1ccc(-c2c(C(=O)CF)n(CCCOC(=O)NCCCCNC(=O)OC(C)(C)C)c3ncnc(N(C(=O)OC(C)(C)C)C(=O)OC(C)(C)C)c23)cc1. The van der Waals surface area contributed by atoms with Crippen molar-refractivity contribution in [3.63, 3.8) is 0 Å². The fourth-order valence-corrected chi connectivity index (χ4v) is 5.14. The Labute approximate surface area is 315 Å². The fourth-order valence-electron chi connectivity index (χ4n) is 5.14. The smallest absolute Gasteiger partial charge is 0.425 e. The van der Waals surface area contributed by atoms with Gasteiger partial charge in [-0.1, -0.05) is 29.8 Å². The molecule has 0 unspecified atom stereocenters. The van der Waals surface area contributed by atoms with Crippen molar-refractivity contribution >= 4 is 47.0 Å². The van der Waals surface area contributed by atoms with E-state index < -0.39 is 53.6 Å². The Balaban J connectivity index is 1.94. The van der Waals surface area contributed by atoms with Crippen LogP contribution in [0.4, 0.5) is 29.4 Å².